The van der Waals surface area contributed by atoms with Crippen LogP contribution >= 0.6 is 0 Å². The Balaban J connectivity index is 1.83. The van der Waals surface area contributed by atoms with Crippen LogP contribution in [-0.2, 0) is 4.79 Å². The summed E-state index contributed by atoms with van der Waals surface area (Å²) in [6, 6.07) is 24.8. The maximum Gasteiger partial charge on any atom is 0.172 e. The van der Waals surface area contributed by atoms with Crippen molar-refractivity contribution in [2.45, 2.75) is 38.0 Å². The maximum atomic E-state index is 12.0. The average Bonchev–Trinajstić information content (AvgIpc) is 2.80. The van der Waals surface area contributed by atoms with Crippen molar-refractivity contribution in [2.24, 2.45) is 11.3 Å². The SMILES string of the molecule is N#CC1(C#N)C(c2ccccc2)=C[C@@H](c2ccccc2)C[C@H]1CC1=CC(=O)CCC1. The van der Waals surface area contributed by atoms with Crippen LogP contribution in [0.5, 0.6) is 0 Å². The Bertz CT molecular complexity index is 1050. The first-order valence-corrected chi connectivity index (χ1v) is 10.5. The van der Waals surface area contributed by atoms with Gasteiger partial charge in [0.1, 0.15) is 0 Å². The number of hydrogen-bond donors (Lipinski definition) is 0. The van der Waals surface area contributed by atoms with Gasteiger partial charge in [0.25, 0.3) is 0 Å². The van der Waals surface area contributed by atoms with Crippen molar-refractivity contribution in [3.63, 3.8) is 0 Å². The smallest absolute Gasteiger partial charge is 0.172 e. The molecule has 0 amide bonds. The summed E-state index contributed by atoms with van der Waals surface area (Å²) in [6.45, 7) is 0. The van der Waals surface area contributed by atoms with Gasteiger partial charge in [0.2, 0.25) is 0 Å². The number of allylic oxidation sites excluding steroid dienone is 4. The third kappa shape index (κ3) is 3.72. The van der Waals surface area contributed by atoms with E-state index in [0.717, 1.165) is 29.6 Å². The van der Waals surface area contributed by atoms with Crippen LogP contribution in [0, 0.1) is 34.0 Å². The van der Waals surface area contributed by atoms with Crippen LogP contribution in [0.3, 0.4) is 0 Å². The molecular formula is C27H24N2O. The molecule has 4 rings (SSSR count). The lowest BCUT2D eigenvalue weighted by Gasteiger charge is -2.39. The molecule has 0 spiro atoms. The molecule has 0 saturated carbocycles. The summed E-state index contributed by atoms with van der Waals surface area (Å²) < 4.78 is 0. The summed E-state index contributed by atoms with van der Waals surface area (Å²) in [6.07, 6.45) is 7.52. The first kappa shape index (κ1) is 19.9. The third-order valence-corrected chi connectivity index (χ3v) is 6.40. The van der Waals surface area contributed by atoms with Crippen molar-refractivity contribution in [3.8, 4) is 12.1 Å². The topological polar surface area (TPSA) is 64.7 Å². The lowest BCUT2D eigenvalue weighted by molar-refractivity contribution is -0.115. The summed E-state index contributed by atoms with van der Waals surface area (Å²) in [5, 5.41) is 20.6. The Labute approximate surface area is 178 Å². The average molecular weight is 393 g/mol. The van der Waals surface area contributed by atoms with Crippen molar-refractivity contribution in [2.75, 3.05) is 0 Å². The fourth-order valence-corrected chi connectivity index (χ4v) is 4.88. The van der Waals surface area contributed by atoms with Gasteiger partial charge in [-0.05, 0) is 54.4 Å². The highest BCUT2D eigenvalue weighted by atomic mass is 16.1. The molecule has 0 bridgehead atoms. The zero-order chi connectivity index (χ0) is 21.0. The van der Waals surface area contributed by atoms with Gasteiger partial charge in [0, 0.05) is 12.3 Å². The summed E-state index contributed by atoms with van der Waals surface area (Å²) in [5.74, 6) is 0.112. The first-order valence-electron chi connectivity index (χ1n) is 10.5. The molecule has 148 valence electrons. The van der Waals surface area contributed by atoms with E-state index < -0.39 is 5.41 Å². The Morgan fingerprint density at radius 2 is 1.60 bits per heavy atom. The van der Waals surface area contributed by atoms with Crippen LogP contribution < -0.4 is 0 Å². The molecule has 2 aliphatic carbocycles. The van der Waals surface area contributed by atoms with Crippen molar-refractivity contribution in [1.82, 2.24) is 0 Å². The number of ketones is 1. The molecule has 2 atom stereocenters. The minimum Gasteiger partial charge on any atom is -0.295 e. The van der Waals surface area contributed by atoms with E-state index in [2.05, 4.69) is 30.3 Å². The van der Waals surface area contributed by atoms with E-state index in [-0.39, 0.29) is 17.6 Å². The largest absolute Gasteiger partial charge is 0.295 e. The molecule has 2 aliphatic rings. The lowest BCUT2D eigenvalue weighted by Crippen LogP contribution is -2.34. The van der Waals surface area contributed by atoms with E-state index in [1.54, 1.807) is 6.08 Å². The molecule has 3 nitrogen and oxygen atoms in total. The molecule has 0 fully saturated rings. The van der Waals surface area contributed by atoms with Crippen LogP contribution in [0.25, 0.3) is 5.57 Å². The Kier molecular flexibility index (Phi) is 5.64. The van der Waals surface area contributed by atoms with Crippen molar-refractivity contribution in [1.29, 1.82) is 10.5 Å². The van der Waals surface area contributed by atoms with Gasteiger partial charge in [-0.25, -0.2) is 0 Å². The van der Waals surface area contributed by atoms with Gasteiger partial charge in [-0.15, -0.1) is 0 Å². The van der Waals surface area contributed by atoms with Gasteiger partial charge in [0.05, 0.1) is 12.1 Å². The quantitative estimate of drug-likeness (QED) is 0.643. The van der Waals surface area contributed by atoms with Gasteiger partial charge < -0.3 is 0 Å². The van der Waals surface area contributed by atoms with Gasteiger partial charge in [-0.1, -0.05) is 72.3 Å². The molecule has 2 aromatic carbocycles. The van der Waals surface area contributed by atoms with Gasteiger partial charge in [0.15, 0.2) is 11.2 Å². The Morgan fingerprint density at radius 1 is 0.933 bits per heavy atom. The molecule has 0 radical (unpaired) electrons. The zero-order valence-electron chi connectivity index (χ0n) is 16.9. The number of nitrogens with zero attached hydrogens (tertiary/aromatic N) is 2. The molecular weight excluding hydrogens is 368 g/mol. The summed E-state index contributed by atoms with van der Waals surface area (Å²) in [4.78, 5) is 12.0. The molecule has 0 saturated heterocycles. The number of benzene rings is 2. The fourth-order valence-electron chi connectivity index (χ4n) is 4.88. The zero-order valence-corrected chi connectivity index (χ0v) is 16.9. The standard InChI is InChI=1S/C27H24N2O/c28-18-27(19-29)24(14-20-8-7-13-25(30)15-20)16-23(21-9-3-1-4-10-21)17-26(27)22-11-5-2-6-12-22/h1-6,9-12,15,17,23-24H,7-8,13-14,16H2/t23-,24+/m0/s1. The van der Waals surface area contributed by atoms with Crippen molar-refractivity contribution >= 4 is 11.4 Å². The van der Waals surface area contributed by atoms with E-state index in [9.17, 15) is 15.3 Å². The number of nitriles is 2. The molecule has 0 aliphatic heterocycles. The van der Waals surface area contributed by atoms with E-state index in [4.69, 9.17) is 0 Å². The van der Waals surface area contributed by atoms with E-state index in [0.29, 0.717) is 19.3 Å². The second kappa shape index (κ2) is 8.52. The molecule has 0 heterocycles. The predicted octanol–water partition coefficient (Wildman–Crippen LogP) is 5.98. The highest BCUT2D eigenvalue weighted by molar-refractivity contribution is 5.91. The maximum absolute atomic E-state index is 12.0. The van der Waals surface area contributed by atoms with Crippen LogP contribution in [0.15, 0.2) is 78.4 Å². The Hall–Kier alpha value is -3.43. The number of carbonyl (C=O) groups is 1. The second-order valence-electron chi connectivity index (χ2n) is 8.25. The first-order chi connectivity index (χ1) is 14.7. The predicted molar refractivity (Wildman–Crippen MR) is 117 cm³/mol. The highest BCUT2D eigenvalue weighted by Crippen LogP contribution is 2.52. The van der Waals surface area contributed by atoms with Crippen LogP contribution in [-0.4, -0.2) is 5.78 Å². The summed E-state index contributed by atoms with van der Waals surface area (Å²) in [7, 11) is 0. The minimum atomic E-state index is -1.23. The molecule has 0 N–H and O–H groups in total. The second-order valence-corrected chi connectivity index (χ2v) is 8.25. The number of carbonyl (C=O) groups excluding carboxylic acids is 1. The van der Waals surface area contributed by atoms with Crippen molar-refractivity contribution in [3.05, 3.63) is 89.5 Å². The van der Waals surface area contributed by atoms with Gasteiger partial charge in [-0.2, -0.15) is 10.5 Å². The van der Waals surface area contributed by atoms with Crippen LogP contribution in [0.2, 0.25) is 0 Å². The van der Waals surface area contributed by atoms with Gasteiger partial charge >= 0.3 is 0 Å². The Morgan fingerprint density at radius 3 is 2.23 bits per heavy atom. The molecule has 2 aromatic rings. The molecule has 0 aromatic heterocycles. The van der Waals surface area contributed by atoms with Crippen LogP contribution in [0.1, 0.15) is 49.1 Å². The number of rotatable bonds is 4. The molecule has 3 heteroatoms. The number of hydrogen-bond acceptors (Lipinski definition) is 3. The normalized spacial score (nSPS) is 22.9. The molecule has 30 heavy (non-hydrogen) atoms. The van der Waals surface area contributed by atoms with E-state index >= 15 is 0 Å². The summed E-state index contributed by atoms with van der Waals surface area (Å²) >= 11 is 0. The van der Waals surface area contributed by atoms with E-state index in [1.165, 1.54) is 5.56 Å². The minimum absolute atomic E-state index is 0.126. The van der Waals surface area contributed by atoms with Crippen LogP contribution in [0.4, 0.5) is 0 Å². The van der Waals surface area contributed by atoms with Crippen molar-refractivity contribution < 1.29 is 4.79 Å². The third-order valence-electron chi connectivity index (χ3n) is 6.40. The monoisotopic (exact) mass is 392 g/mol. The fraction of sp³-hybridized carbons (Fsp3) is 0.296. The molecule has 0 unspecified atom stereocenters. The highest BCUT2D eigenvalue weighted by Gasteiger charge is 2.47. The summed E-state index contributed by atoms with van der Waals surface area (Å²) in [5.41, 5.74) is 2.75. The lowest BCUT2D eigenvalue weighted by atomic mass is 9.60. The van der Waals surface area contributed by atoms with E-state index in [1.807, 2.05) is 48.5 Å². The van der Waals surface area contributed by atoms with Gasteiger partial charge in [-0.3, -0.25) is 4.79 Å².